The highest BCUT2D eigenvalue weighted by atomic mass is 16.5. The Hall–Kier alpha value is -1.59. The highest BCUT2D eigenvalue weighted by Gasteiger charge is 2.30. The molecule has 2 rings (SSSR count). The van der Waals surface area contributed by atoms with E-state index in [0.717, 1.165) is 18.6 Å². The quantitative estimate of drug-likeness (QED) is 0.576. The molecule has 1 saturated carbocycles. The van der Waals surface area contributed by atoms with Gasteiger partial charge in [0.15, 0.2) is 0 Å². The van der Waals surface area contributed by atoms with Crippen LogP contribution in [0, 0.1) is 0 Å². The molecule has 1 aliphatic carbocycles. The molecule has 1 aliphatic rings. The van der Waals surface area contributed by atoms with Gasteiger partial charge in [0, 0.05) is 12.6 Å². The summed E-state index contributed by atoms with van der Waals surface area (Å²) in [5.41, 5.74) is 0. The predicted molar refractivity (Wildman–Crippen MR) is 74.9 cm³/mol. The number of esters is 1. The third kappa shape index (κ3) is 4.51. The monoisotopic (exact) mass is 279 g/mol. The van der Waals surface area contributed by atoms with Crippen LogP contribution in [0.4, 0.5) is 0 Å². The first-order valence-electron chi connectivity index (χ1n) is 7.01. The summed E-state index contributed by atoms with van der Waals surface area (Å²) < 4.78 is 10.6. The molecular formula is C15H21NO4. The summed E-state index contributed by atoms with van der Waals surface area (Å²) >= 11 is 0. The third-order valence-corrected chi connectivity index (χ3v) is 3.15. The van der Waals surface area contributed by atoms with Gasteiger partial charge in [0.1, 0.15) is 11.5 Å². The van der Waals surface area contributed by atoms with E-state index < -0.39 is 0 Å². The molecule has 0 heterocycles. The minimum atomic E-state index is -0.297. The van der Waals surface area contributed by atoms with Gasteiger partial charge in [-0.25, -0.2) is 0 Å². The molecular weight excluding hydrogens is 258 g/mol. The van der Waals surface area contributed by atoms with Crippen LogP contribution in [0.3, 0.4) is 0 Å². The Bertz CT molecular complexity index is 428. The third-order valence-electron chi connectivity index (χ3n) is 3.15. The molecule has 0 bridgehead atoms. The zero-order chi connectivity index (χ0) is 14.4. The number of aliphatic hydroxyl groups is 1. The van der Waals surface area contributed by atoms with E-state index in [-0.39, 0.29) is 19.1 Å². The normalized spacial score (nSPS) is 14.3. The second kappa shape index (κ2) is 7.26. The van der Waals surface area contributed by atoms with E-state index in [2.05, 4.69) is 0 Å². The fraction of sp³-hybridized carbons (Fsp3) is 0.533. The number of hydrogen-bond acceptors (Lipinski definition) is 5. The maximum atomic E-state index is 11.9. The summed E-state index contributed by atoms with van der Waals surface area (Å²) in [6, 6.07) is 7.42. The van der Waals surface area contributed by atoms with Crippen molar-refractivity contribution in [3.63, 3.8) is 0 Å². The van der Waals surface area contributed by atoms with Crippen molar-refractivity contribution in [2.75, 3.05) is 26.3 Å². The van der Waals surface area contributed by atoms with Gasteiger partial charge in [0.2, 0.25) is 0 Å². The molecule has 1 aromatic rings. The van der Waals surface area contributed by atoms with Gasteiger partial charge < -0.3 is 14.6 Å². The zero-order valence-electron chi connectivity index (χ0n) is 11.7. The first-order chi connectivity index (χ1) is 9.72. The molecule has 1 aromatic carbocycles. The Morgan fingerprint density at radius 2 is 1.95 bits per heavy atom. The van der Waals surface area contributed by atoms with E-state index in [0.29, 0.717) is 24.9 Å². The minimum Gasteiger partial charge on any atom is -0.494 e. The zero-order valence-corrected chi connectivity index (χ0v) is 11.7. The first-order valence-corrected chi connectivity index (χ1v) is 7.01. The van der Waals surface area contributed by atoms with Gasteiger partial charge >= 0.3 is 5.97 Å². The molecule has 5 nitrogen and oxygen atoms in total. The number of rotatable bonds is 8. The van der Waals surface area contributed by atoms with Crippen LogP contribution >= 0.6 is 0 Å². The van der Waals surface area contributed by atoms with Gasteiger partial charge in [-0.1, -0.05) is 0 Å². The van der Waals surface area contributed by atoms with Crippen molar-refractivity contribution in [2.45, 2.75) is 25.8 Å². The van der Waals surface area contributed by atoms with Crippen LogP contribution in [0.15, 0.2) is 24.3 Å². The van der Waals surface area contributed by atoms with Gasteiger partial charge in [-0.2, -0.15) is 0 Å². The second-order valence-electron chi connectivity index (χ2n) is 4.80. The average molecular weight is 279 g/mol. The Balaban J connectivity index is 1.83. The Morgan fingerprint density at radius 3 is 2.50 bits per heavy atom. The van der Waals surface area contributed by atoms with Crippen molar-refractivity contribution in [3.05, 3.63) is 24.3 Å². The van der Waals surface area contributed by atoms with E-state index in [1.165, 1.54) is 0 Å². The SMILES string of the molecule is CCOc1ccc(OC(=O)CN(CCO)C2CC2)cc1. The summed E-state index contributed by atoms with van der Waals surface area (Å²) in [6.07, 6.45) is 2.19. The smallest absolute Gasteiger partial charge is 0.325 e. The number of ether oxygens (including phenoxy) is 2. The molecule has 0 aliphatic heterocycles. The van der Waals surface area contributed by atoms with Gasteiger partial charge in [0.25, 0.3) is 0 Å². The van der Waals surface area contributed by atoms with E-state index in [4.69, 9.17) is 14.6 Å². The van der Waals surface area contributed by atoms with Crippen molar-refractivity contribution in [3.8, 4) is 11.5 Å². The predicted octanol–water partition coefficient (Wildman–Crippen LogP) is 1.45. The highest BCUT2D eigenvalue weighted by molar-refractivity contribution is 5.74. The highest BCUT2D eigenvalue weighted by Crippen LogP contribution is 2.26. The Labute approximate surface area is 119 Å². The van der Waals surface area contributed by atoms with Crippen molar-refractivity contribution in [1.29, 1.82) is 0 Å². The molecule has 5 heteroatoms. The molecule has 0 amide bonds. The maximum absolute atomic E-state index is 11.9. The largest absolute Gasteiger partial charge is 0.494 e. The fourth-order valence-corrected chi connectivity index (χ4v) is 2.06. The average Bonchev–Trinajstić information content (AvgIpc) is 3.25. The van der Waals surface area contributed by atoms with Crippen molar-refractivity contribution in [1.82, 2.24) is 4.90 Å². The van der Waals surface area contributed by atoms with Gasteiger partial charge in [0.05, 0.1) is 19.8 Å². The van der Waals surface area contributed by atoms with E-state index in [1.54, 1.807) is 24.3 Å². The Morgan fingerprint density at radius 1 is 1.30 bits per heavy atom. The molecule has 0 radical (unpaired) electrons. The molecule has 0 atom stereocenters. The number of carbonyl (C=O) groups excluding carboxylic acids is 1. The molecule has 20 heavy (non-hydrogen) atoms. The summed E-state index contributed by atoms with van der Waals surface area (Å²) in [5.74, 6) is 0.972. The lowest BCUT2D eigenvalue weighted by Crippen LogP contribution is -2.36. The second-order valence-corrected chi connectivity index (χ2v) is 4.80. The summed E-state index contributed by atoms with van der Waals surface area (Å²) in [7, 11) is 0. The lowest BCUT2D eigenvalue weighted by atomic mass is 10.3. The standard InChI is InChI=1S/C15H21NO4/c1-2-19-13-5-7-14(8-6-13)20-15(18)11-16(9-10-17)12-3-4-12/h5-8,12,17H,2-4,9-11H2,1H3. The van der Waals surface area contributed by atoms with Crippen molar-refractivity contribution >= 4 is 5.97 Å². The van der Waals surface area contributed by atoms with Crippen molar-refractivity contribution in [2.24, 2.45) is 0 Å². The van der Waals surface area contributed by atoms with Gasteiger partial charge in [-0.15, -0.1) is 0 Å². The number of benzene rings is 1. The van der Waals surface area contributed by atoms with Crippen molar-refractivity contribution < 1.29 is 19.4 Å². The molecule has 1 N–H and O–H groups in total. The first kappa shape index (κ1) is 14.8. The number of aliphatic hydroxyl groups excluding tert-OH is 1. The van der Waals surface area contributed by atoms with Gasteiger partial charge in [-0.05, 0) is 44.0 Å². The molecule has 0 spiro atoms. The van der Waals surface area contributed by atoms with Crippen LogP contribution in [0.25, 0.3) is 0 Å². The fourth-order valence-electron chi connectivity index (χ4n) is 2.06. The van der Waals surface area contributed by atoms with Crippen LogP contribution in [-0.2, 0) is 4.79 Å². The molecule has 0 aromatic heterocycles. The number of hydrogen-bond donors (Lipinski definition) is 1. The summed E-state index contributed by atoms with van der Waals surface area (Å²) in [4.78, 5) is 13.8. The minimum absolute atomic E-state index is 0.0623. The lowest BCUT2D eigenvalue weighted by Gasteiger charge is -2.19. The van der Waals surface area contributed by atoms with E-state index >= 15 is 0 Å². The molecule has 110 valence electrons. The van der Waals surface area contributed by atoms with Gasteiger partial charge in [-0.3, -0.25) is 9.69 Å². The maximum Gasteiger partial charge on any atom is 0.325 e. The molecule has 0 saturated heterocycles. The van der Waals surface area contributed by atoms with E-state index in [9.17, 15) is 4.79 Å². The number of carbonyl (C=O) groups is 1. The summed E-state index contributed by atoms with van der Waals surface area (Å²) in [5, 5.41) is 8.99. The summed E-state index contributed by atoms with van der Waals surface area (Å²) in [6.45, 7) is 3.33. The van der Waals surface area contributed by atoms with Crippen LogP contribution in [0.5, 0.6) is 11.5 Å². The van der Waals surface area contributed by atoms with Crippen LogP contribution in [-0.4, -0.2) is 48.3 Å². The van der Waals surface area contributed by atoms with Crippen LogP contribution in [0.1, 0.15) is 19.8 Å². The van der Waals surface area contributed by atoms with Crippen LogP contribution in [0.2, 0.25) is 0 Å². The lowest BCUT2D eigenvalue weighted by molar-refractivity contribution is -0.135. The van der Waals surface area contributed by atoms with Crippen LogP contribution < -0.4 is 9.47 Å². The Kier molecular flexibility index (Phi) is 5.38. The molecule has 0 unspecified atom stereocenters. The topological polar surface area (TPSA) is 59.0 Å². The molecule has 1 fully saturated rings. The van der Waals surface area contributed by atoms with E-state index in [1.807, 2.05) is 11.8 Å². The number of nitrogens with zero attached hydrogens (tertiary/aromatic N) is 1.